The van der Waals surface area contributed by atoms with Crippen LogP contribution in [-0.4, -0.2) is 56.3 Å². The summed E-state index contributed by atoms with van der Waals surface area (Å²) in [5, 5.41) is 21.6. The second-order valence-electron chi connectivity index (χ2n) is 10.9. The standard InChI is InChI=1S/C34H36N4O6/c1-17-21(7-9-33(41)43-5)29-14-30-22(8-10-34(42)44-6)18(2)27(36-30)12-31-24(16-40)20(4)28(38-31)13-32-23(15-39)19(3)26(37-32)11-25(17)35-29/h11-16,37-40H,7-10H2,1-6H3/b23-15+,24-16+,25-11?,30-14?,31-12?,32-13?. The molecule has 0 aromatic carbocycles. The molecule has 0 atom stereocenters. The molecular formula is C34H36N4O6. The van der Waals surface area contributed by atoms with E-state index in [4.69, 9.17) is 19.4 Å². The minimum atomic E-state index is -0.323. The number of ether oxygens (including phenoxy) is 2. The first-order chi connectivity index (χ1) is 21.1. The van der Waals surface area contributed by atoms with Crippen LogP contribution in [-0.2, 0) is 19.1 Å². The van der Waals surface area contributed by atoms with Crippen molar-refractivity contribution in [2.24, 2.45) is 0 Å². The third-order valence-electron chi connectivity index (χ3n) is 8.50. The van der Waals surface area contributed by atoms with Crippen LogP contribution in [0.3, 0.4) is 0 Å². The number of esters is 2. The van der Waals surface area contributed by atoms with Crippen LogP contribution in [0.15, 0.2) is 24.3 Å². The van der Waals surface area contributed by atoms with Crippen molar-refractivity contribution in [3.05, 3.63) is 68.6 Å². The molecule has 10 heteroatoms. The van der Waals surface area contributed by atoms with Crippen molar-refractivity contribution in [2.45, 2.75) is 53.4 Å². The first kappa shape index (κ1) is 30.3. The van der Waals surface area contributed by atoms with Crippen LogP contribution in [0.25, 0.3) is 56.9 Å². The Morgan fingerprint density at radius 2 is 1.07 bits per heavy atom. The summed E-state index contributed by atoms with van der Waals surface area (Å²) in [5.41, 5.74) is 10.8. The summed E-state index contributed by atoms with van der Waals surface area (Å²) in [4.78, 5) is 41.0. The zero-order valence-corrected chi connectivity index (χ0v) is 25.7. The molecule has 3 aromatic rings. The molecule has 2 aliphatic rings. The Hall–Kier alpha value is -5.12. The number of hydrogen-bond acceptors (Lipinski definition) is 8. The molecular weight excluding hydrogens is 560 g/mol. The minimum absolute atomic E-state index is 0.180. The van der Waals surface area contributed by atoms with Crippen LogP contribution in [0.2, 0.25) is 0 Å². The van der Waals surface area contributed by atoms with E-state index < -0.39 is 0 Å². The second kappa shape index (κ2) is 12.2. The quantitative estimate of drug-likeness (QED) is 0.280. The van der Waals surface area contributed by atoms with Gasteiger partial charge in [0.25, 0.3) is 0 Å². The molecule has 2 aliphatic heterocycles. The normalized spacial score (nSPS) is 14.0. The fraction of sp³-hybridized carbons (Fsp3) is 0.294. The Morgan fingerprint density at radius 3 is 1.50 bits per heavy atom. The number of allylic oxidation sites excluding steroid dienone is 4. The van der Waals surface area contributed by atoms with Gasteiger partial charge in [0.1, 0.15) is 0 Å². The number of fused-ring (bicyclic) bond motifs is 8. The molecule has 228 valence electrons. The van der Waals surface area contributed by atoms with Crippen LogP contribution < -0.4 is 10.4 Å². The lowest BCUT2D eigenvalue weighted by atomic mass is 9.98. The number of aliphatic hydroxyl groups is 2. The van der Waals surface area contributed by atoms with Crippen molar-refractivity contribution < 1.29 is 29.3 Å². The van der Waals surface area contributed by atoms with E-state index in [0.717, 1.165) is 57.0 Å². The molecule has 0 radical (unpaired) electrons. The van der Waals surface area contributed by atoms with Crippen LogP contribution in [0.5, 0.6) is 0 Å². The van der Waals surface area contributed by atoms with E-state index in [9.17, 15) is 19.8 Å². The smallest absolute Gasteiger partial charge is 0.305 e. The molecule has 0 fully saturated rings. The summed E-state index contributed by atoms with van der Waals surface area (Å²) in [7, 11) is 2.73. The van der Waals surface area contributed by atoms with E-state index in [1.165, 1.54) is 14.2 Å². The Kier molecular flexibility index (Phi) is 8.44. The molecule has 10 nitrogen and oxygen atoms in total. The highest BCUT2D eigenvalue weighted by Crippen LogP contribution is 2.37. The fourth-order valence-electron chi connectivity index (χ4n) is 5.77. The van der Waals surface area contributed by atoms with Gasteiger partial charge in [0.15, 0.2) is 0 Å². The number of aliphatic hydroxyl groups excluding tert-OH is 2. The first-order valence-electron chi connectivity index (χ1n) is 14.3. The SMILES string of the molecule is COC(=O)CCC1=C(C)c2cc3[nH]c(cc4[nH]c(cc5nc(cc1n2)C(CCC(=O)OC)=C5C)/c(=C/O)c4C)/c(=C/O)c3C. The molecule has 4 N–H and O–H groups in total. The number of H-pyrrole nitrogens is 2. The minimum Gasteiger partial charge on any atom is -0.515 e. The molecule has 0 spiro atoms. The van der Waals surface area contributed by atoms with Gasteiger partial charge in [-0.2, -0.15) is 0 Å². The molecule has 0 amide bonds. The highest BCUT2D eigenvalue weighted by Gasteiger charge is 2.22. The number of carbonyl (C=O) groups is 2. The third-order valence-corrected chi connectivity index (χ3v) is 8.50. The lowest BCUT2D eigenvalue weighted by Crippen LogP contribution is -2.01. The van der Waals surface area contributed by atoms with E-state index in [2.05, 4.69) is 9.97 Å². The Balaban J connectivity index is 1.91. The number of hydrogen-bond donors (Lipinski definition) is 4. The van der Waals surface area contributed by atoms with E-state index in [0.29, 0.717) is 57.1 Å². The Morgan fingerprint density at radius 1 is 0.659 bits per heavy atom. The number of nitrogens with zero attached hydrogens (tertiary/aromatic N) is 2. The van der Waals surface area contributed by atoms with Crippen molar-refractivity contribution in [1.29, 1.82) is 0 Å². The van der Waals surface area contributed by atoms with Crippen molar-refractivity contribution >= 4 is 68.8 Å². The van der Waals surface area contributed by atoms with Crippen molar-refractivity contribution in [2.75, 3.05) is 14.2 Å². The van der Waals surface area contributed by atoms with Gasteiger partial charge in [-0.25, -0.2) is 9.97 Å². The molecule has 0 saturated heterocycles. The summed E-state index contributed by atoms with van der Waals surface area (Å²) in [6.07, 6.45) is 3.34. The average molecular weight is 597 g/mol. The molecule has 0 saturated carbocycles. The first-order valence-corrected chi connectivity index (χ1v) is 14.3. The van der Waals surface area contributed by atoms with E-state index in [-0.39, 0.29) is 24.8 Å². The molecule has 3 aromatic heterocycles. The average Bonchev–Trinajstić information content (AvgIpc) is 3.67. The van der Waals surface area contributed by atoms with Gasteiger partial charge >= 0.3 is 11.9 Å². The number of methoxy groups -OCH3 is 2. The maximum Gasteiger partial charge on any atom is 0.305 e. The van der Waals surface area contributed by atoms with Gasteiger partial charge < -0.3 is 29.7 Å². The topological polar surface area (TPSA) is 150 Å². The lowest BCUT2D eigenvalue weighted by Gasteiger charge is -2.06. The summed E-state index contributed by atoms with van der Waals surface area (Å²) in [6.45, 7) is 7.74. The summed E-state index contributed by atoms with van der Waals surface area (Å²) in [5.74, 6) is -0.644. The van der Waals surface area contributed by atoms with Gasteiger partial charge in [-0.1, -0.05) is 0 Å². The van der Waals surface area contributed by atoms with E-state index in [1.807, 2.05) is 52.0 Å². The fourth-order valence-corrected chi connectivity index (χ4v) is 5.77. The van der Waals surface area contributed by atoms with Crippen LogP contribution in [0, 0.1) is 13.8 Å². The zero-order chi connectivity index (χ0) is 31.7. The van der Waals surface area contributed by atoms with Gasteiger partial charge in [-0.05, 0) is 98.2 Å². The van der Waals surface area contributed by atoms with E-state index in [1.54, 1.807) is 0 Å². The largest absolute Gasteiger partial charge is 0.515 e. The number of carbonyl (C=O) groups excluding carboxylic acids is 2. The van der Waals surface area contributed by atoms with Crippen molar-refractivity contribution in [3.8, 4) is 0 Å². The molecule has 8 bridgehead atoms. The highest BCUT2D eigenvalue weighted by atomic mass is 16.5. The Labute approximate surface area is 254 Å². The lowest BCUT2D eigenvalue weighted by molar-refractivity contribution is -0.141. The van der Waals surface area contributed by atoms with Gasteiger partial charge in [0.05, 0.1) is 60.6 Å². The number of rotatable bonds is 6. The van der Waals surface area contributed by atoms with Gasteiger partial charge in [0, 0.05) is 34.3 Å². The molecule has 0 aliphatic carbocycles. The third kappa shape index (κ3) is 5.50. The van der Waals surface area contributed by atoms with Gasteiger partial charge in [-0.15, -0.1) is 0 Å². The second-order valence-corrected chi connectivity index (χ2v) is 10.9. The monoisotopic (exact) mass is 596 g/mol. The van der Waals surface area contributed by atoms with Gasteiger partial charge in [-0.3, -0.25) is 9.59 Å². The zero-order valence-electron chi connectivity index (χ0n) is 25.7. The van der Waals surface area contributed by atoms with Crippen molar-refractivity contribution in [1.82, 2.24) is 19.9 Å². The molecule has 5 rings (SSSR count). The van der Waals surface area contributed by atoms with Gasteiger partial charge in [0.2, 0.25) is 0 Å². The summed E-state index contributed by atoms with van der Waals surface area (Å²) >= 11 is 0. The number of aromatic amines is 2. The molecule has 44 heavy (non-hydrogen) atoms. The maximum absolute atomic E-state index is 12.1. The number of aromatic nitrogens is 4. The summed E-state index contributed by atoms with van der Waals surface area (Å²) in [6, 6.07) is 7.60. The number of nitrogens with one attached hydrogen (secondary N) is 2. The maximum atomic E-state index is 12.1. The number of aryl methyl sites for hydroxylation is 2. The van der Waals surface area contributed by atoms with Crippen LogP contribution in [0.4, 0.5) is 0 Å². The van der Waals surface area contributed by atoms with E-state index >= 15 is 0 Å². The summed E-state index contributed by atoms with van der Waals surface area (Å²) < 4.78 is 9.81. The van der Waals surface area contributed by atoms with Crippen molar-refractivity contribution in [3.63, 3.8) is 0 Å². The molecule has 0 unspecified atom stereocenters. The predicted octanol–water partition coefficient (Wildman–Crippen LogP) is 5.29. The Bertz CT molecular complexity index is 2050. The van der Waals surface area contributed by atoms with Crippen LogP contribution >= 0.6 is 0 Å². The van der Waals surface area contributed by atoms with Crippen LogP contribution in [0.1, 0.15) is 73.4 Å². The highest BCUT2D eigenvalue weighted by molar-refractivity contribution is 5.96. The molecule has 5 heterocycles. The predicted molar refractivity (Wildman–Crippen MR) is 171 cm³/mol.